The average molecular weight is 935 g/mol. The van der Waals surface area contributed by atoms with Gasteiger partial charge in [-0.15, -0.1) is 0 Å². The molecule has 0 radical (unpaired) electrons. The highest BCUT2D eigenvalue weighted by Gasteiger charge is 2.38. The van der Waals surface area contributed by atoms with Crippen LogP contribution < -0.4 is 0 Å². The molecular weight excluding hydrogens is 881 g/mol. The van der Waals surface area contributed by atoms with Crippen LogP contribution in [-0.2, 0) is 33.0 Å². The fourth-order valence-electron chi connectivity index (χ4n) is 7.35. The van der Waals surface area contributed by atoms with Crippen molar-refractivity contribution in [1.29, 1.82) is 0 Å². The predicted octanol–water partition coefficient (Wildman–Crippen LogP) is 14.8. The molecular formula is C52H54O6S5. The van der Waals surface area contributed by atoms with Crippen LogP contribution in [0.1, 0.15) is 109 Å². The molecule has 0 spiro atoms. The number of unbranched alkanes of at least 4 members (excludes halogenated alkanes) is 1. The van der Waals surface area contributed by atoms with Crippen molar-refractivity contribution < 1.29 is 26.4 Å². The summed E-state index contributed by atoms with van der Waals surface area (Å²) in [5.74, 6) is 0.0159. The third-order valence-electron chi connectivity index (χ3n) is 10.6. The van der Waals surface area contributed by atoms with Crippen LogP contribution in [0.3, 0.4) is 0 Å². The van der Waals surface area contributed by atoms with Gasteiger partial charge in [0.1, 0.15) is 0 Å². The van der Waals surface area contributed by atoms with Crippen molar-refractivity contribution in [3.8, 4) is 0 Å². The molecule has 6 aromatic rings. The Balaban J connectivity index is 1.45. The number of carbonyl (C=O) groups excluding carboxylic acids is 3. The van der Waals surface area contributed by atoms with Gasteiger partial charge in [-0.25, -0.2) is 3.63 Å². The van der Waals surface area contributed by atoms with E-state index in [2.05, 4.69) is 18.2 Å². The summed E-state index contributed by atoms with van der Waals surface area (Å²) in [5, 5.41) is 0. The first kappa shape index (κ1) is 48.1. The summed E-state index contributed by atoms with van der Waals surface area (Å²) in [7, 11) is -6.93. The molecule has 6 nitrogen and oxygen atoms in total. The Bertz CT molecular complexity index is 2440. The van der Waals surface area contributed by atoms with E-state index in [0.29, 0.717) is 12.8 Å². The smallest absolute Gasteiger partial charge is 0.277 e. The fraction of sp³-hybridized carbons (Fsp3) is 0.250. The largest absolute Gasteiger partial charge is 0.295 e. The SMILES string of the molecule is CCCCS(=O)(=O)OS(c1ccc(Sc2ccc(C(C)=O)c(CC)c2)cc1)(c1ccc(Sc2ccc(C(C)=O)c(CC)c2)cc1)c1ccc(Sc2ccc(C(C)=O)c(CC)c2)cc1. The van der Waals surface area contributed by atoms with Crippen LogP contribution in [0.5, 0.6) is 0 Å². The third-order valence-corrected chi connectivity index (χ3v) is 18.9. The molecule has 11 heteroatoms. The molecule has 0 aliphatic rings. The van der Waals surface area contributed by atoms with E-state index >= 15 is 0 Å². The summed E-state index contributed by atoms with van der Waals surface area (Å²) in [6.07, 6.45) is 3.38. The van der Waals surface area contributed by atoms with E-state index in [1.807, 2.05) is 137 Å². The van der Waals surface area contributed by atoms with Crippen molar-refractivity contribution in [3.63, 3.8) is 0 Å². The minimum Gasteiger partial charge on any atom is -0.295 e. The Labute approximate surface area is 388 Å². The van der Waals surface area contributed by atoms with Crippen molar-refractivity contribution in [1.82, 2.24) is 0 Å². The minimum absolute atomic E-state index is 0.0436. The third kappa shape index (κ3) is 11.7. The maximum Gasteiger partial charge on any atom is 0.277 e. The van der Waals surface area contributed by atoms with E-state index in [-0.39, 0.29) is 23.1 Å². The summed E-state index contributed by atoms with van der Waals surface area (Å²) >= 11 is 4.75. The number of hydrogen-bond acceptors (Lipinski definition) is 9. The Morgan fingerprint density at radius 1 is 0.444 bits per heavy atom. The van der Waals surface area contributed by atoms with Gasteiger partial charge in [-0.05, 0) is 183 Å². The first-order chi connectivity index (χ1) is 30.2. The number of Topliss-reactive ketones (excluding diaryl/α,β-unsaturated/α-hetero) is 3. The first-order valence-corrected chi connectivity index (χ1v) is 26.8. The number of aryl methyl sites for hydroxylation is 3. The van der Waals surface area contributed by atoms with Crippen LogP contribution >= 0.6 is 45.6 Å². The first-order valence-electron chi connectivity index (χ1n) is 21.2. The molecule has 0 saturated heterocycles. The second kappa shape index (κ2) is 21.5. The van der Waals surface area contributed by atoms with Gasteiger partial charge in [0.25, 0.3) is 10.1 Å². The topological polar surface area (TPSA) is 94.6 Å². The van der Waals surface area contributed by atoms with Crippen LogP contribution in [0.15, 0.2) is 171 Å². The molecule has 0 atom stereocenters. The molecule has 0 amide bonds. The van der Waals surface area contributed by atoms with E-state index in [4.69, 9.17) is 3.63 Å². The molecule has 0 saturated carbocycles. The number of carbonyl (C=O) groups is 3. The average Bonchev–Trinajstić information content (AvgIpc) is 3.28. The molecule has 6 rings (SSSR count). The Hall–Kier alpha value is -4.36. The molecule has 0 aliphatic carbocycles. The molecule has 6 aromatic carbocycles. The molecule has 63 heavy (non-hydrogen) atoms. The van der Waals surface area contributed by atoms with Crippen LogP contribution in [0, 0.1) is 0 Å². The fourth-order valence-corrected chi connectivity index (χ4v) is 15.5. The number of ketones is 3. The van der Waals surface area contributed by atoms with E-state index in [9.17, 15) is 22.8 Å². The second-order valence-corrected chi connectivity index (χ2v) is 23.2. The highest BCUT2D eigenvalue weighted by Crippen LogP contribution is 2.70. The molecule has 328 valence electrons. The standard InChI is InChI=1S/C52H54O6S5/c1-8-12-31-62(56,57)58-63(47-22-13-41(14-23-47)59-44-19-28-50(35(5)53)38(9-2)32-44,48-24-15-42(16-25-48)60-45-20-29-51(36(6)54)39(10-3)33-45)49-26-17-43(18-27-49)61-46-21-30-52(37(7)55)40(11-4)34-46/h13-30,32-34H,8-12,31H2,1-7H3. The normalized spacial score (nSPS) is 12.0. The summed E-state index contributed by atoms with van der Waals surface area (Å²) in [6, 6.07) is 41.7. The molecule has 0 unspecified atom stereocenters. The zero-order valence-corrected chi connectivity index (χ0v) is 40.9. The summed E-state index contributed by atoms with van der Waals surface area (Å²) < 4.78 is 35.0. The van der Waals surface area contributed by atoms with Crippen LogP contribution in [0.4, 0.5) is 0 Å². The van der Waals surface area contributed by atoms with Gasteiger partial charge in [0.2, 0.25) is 0 Å². The molecule has 0 fully saturated rings. The van der Waals surface area contributed by atoms with Gasteiger partial charge in [0.05, 0.1) is 5.75 Å². The molecule has 0 aliphatic heterocycles. The van der Waals surface area contributed by atoms with Gasteiger partial charge < -0.3 is 0 Å². The Morgan fingerprint density at radius 3 is 0.984 bits per heavy atom. The van der Waals surface area contributed by atoms with Crippen molar-refractivity contribution in [2.24, 2.45) is 0 Å². The van der Waals surface area contributed by atoms with Gasteiger partial charge in [0, 0.05) is 60.7 Å². The summed E-state index contributed by atoms with van der Waals surface area (Å²) in [4.78, 5) is 44.8. The van der Waals surface area contributed by atoms with Gasteiger partial charge in [-0.2, -0.15) is 8.42 Å². The Morgan fingerprint density at radius 2 is 0.730 bits per heavy atom. The quantitative estimate of drug-likeness (QED) is 0.0694. The maximum atomic E-state index is 14.2. The lowest BCUT2D eigenvalue weighted by Gasteiger charge is -2.39. The highest BCUT2D eigenvalue weighted by molar-refractivity contribution is 8.33. The lowest BCUT2D eigenvalue weighted by molar-refractivity contribution is 0.100. The molecule has 0 N–H and O–H groups in total. The second-order valence-electron chi connectivity index (χ2n) is 15.1. The minimum atomic E-state index is -4.04. The Kier molecular flexibility index (Phi) is 16.5. The van der Waals surface area contributed by atoms with Crippen LogP contribution in [0.2, 0.25) is 0 Å². The monoisotopic (exact) mass is 934 g/mol. The van der Waals surface area contributed by atoms with Crippen molar-refractivity contribution in [2.45, 2.75) is 125 Å². The summed E-state index contributed by atoms with van der Waals surface area (Å²) in [6.45, 7) is 12.9. The molecule has 0 bridgehead atoms. The molecule has 0 heterocycles. The van der Waals surface area contributed by atoms with Gasteiger partial charge in [-0.3, -0.25) is 14.4 Å². The van der Waals surface area contributed by atoms with E-state index in [1.54, 1.807) is 56.1 Å². The van der Waals surface area contributed by atoms with Gasteiger partial charge in [-0.1, -0.05) is 87.6 Å². The van der Waals surface area contributed by atoms with Crippen LogP contribution in [-0.4, -0.2) is 31.5 Å². The highest BCUT2D eigenvalue weighted by atomic mass is 32.3. The van der Waals surface area contributed by atoms with Crippen molar-refractivity contribution >= 4 is 73.1 Å². The van der Waals surface area contributed by atoms with E-state index < -0.39 is 20.4 Å². The zero-order valence-electron chi connectivity index (χ0n) is 36.9. The lowest BCUT2D eigenvalue weighted by Crippen LogP contribution is -2.17. The maximum absolute atomic E-state index is 14.2. The van der Waals surface area contributed by atoms with Crippen LogP contribution in [0.25, 0.3) is 0 Å². The zero-order chi connectivity index (χ0) is 45.3. The van der Waals surface area contributed by atoms with Gasteiger partial charge >= 0.3 is 0 Å². The molecule has 0 aromatic heterocycles. The van der Waals surface area contributed by atoms with Crippen molar-refractivity contribution in [3.05, 3.63) is 161 Å². The number of rotatable bonds is 20. The summed E-state index contributed by atoms with van der Waals surface area (Å²) in [5.41, 5.74) is 5.19. The predicted molar refractivity (Wildman–Crippen MR) is 261 cm³/mol. The van der Waals surface area contributed by atoms with Crippen molar-refractivity contribution in [2.75, 3.05) is 5.75 Å². The number of hydrogen-bond donors (Lipinski definition) is 0. The van der Waals surface area contributed by atoms with Gasteiger partial charge in [0.15, 0.2) is 17.3 Å². The lowest BCUT2D eigenvalue weighted by atomic mass is 10.0. The number of benzene rings is 6. The van der Waals surface area contributed by atoms with E-state index in [0.717, 1.165) is 96.7 Å². The van der Waals surface area contributed by atoms with E-state index in [1.165, 1.54) is 0 Å².